The minimum Gasteiger partial charge on any atom is -0.481 e. The van der Waals surface area contributed by atoms with Crippen molar-refractivity contribution in [2.45, 2.75) is 26.4 Å². The molecule has 7 nitrogen and oxygen atoms in total. The second-order valence-electron chi connectivity index (χ2n) is 5.25. The van der Waals surface area contributed by atoms with Gasteiger partial charge in [0.2, 0.25) is 0 Å². The zero-order valence-corrected chi connectivity index (χ0v) is 12.7. The molecule has 1 N–H and O–H groups in total. The van der Waals surface area contributed by atoms with Gasteiger partial charge in [-0.2, -0.15) is 0 Å². The van der Waals surface area contributed by atoms with Crippen molar-refractivity contribution in [2.24, 2.45) is 0 Å². The smallest absolute Gasteiger partial charge is 0.408 e. The molecule has 0 radical (unpaired) electrons. The number of hydrogen-bond acceptors (Lipinski definition) is 5. The molecule has 0 aliphatic carbocycles. The van der Waals surface area contributed by atoms with E-state index in [9.17, 15) is 14.9 Å². The molecule has 0 aliphatic rings. The third kappa shape index (κ3) is 7.14. The normalized spacial score (nSPS) is 10.1. The van der Waals surface area contributed by atoms with Gasteiger partial charge >= 0.3 is 6.09 Å². The molecule has 7 heteroatoms. The number of nitro groups is 1. The van der Waals surface area contributed by atoms with Crippen molar-refractivity contribution >= 4 is 11.8 Å². The summed E-state index contributed by atoms with van der Waals surface area (Å²) in [5.41, 5.74) is -0.545. The van der Waals surface area contributed by atoms with Gasteiger partial charge in [0.25, 0.3) is 5.69 Å². The highest BCUT2D eigenvalue weighted by atomic mass is 16.6. The Bertz CT molecular complexity index is 579. The van der Waals surface area contributed by atoms with Crippen molar-refractivity contribution in [1.82, 2.24) is 5.32 Å². The zero-order chi connectivity index (χ0) is 16.6. The number of ether oxygens (including phenoxy) is 2. The second kappa shape index (κ2) is 7.88. The van der Waals surface area contributed by atoms with E-state index in [1.807, 2.05) is 0 Å². The highest BCUT2D eigenvalue weighted by Crippen LogP contribution is 2.16. The quantitative estimate of drug-likeness (QED) is 0.524. The Morgan fingerprint density at radius 1 is 1.27 bits per heavy atom. The lowest BCUT2D eigenvalue weighted by Gasteiger charge is -2.18. The molecule has 1 aromatic carbocycles. The van der Waals surface area contributed by atoms with Crippen molar-refractivity contribution in [3.05, 3.63) is 34.4 Å². The number of nitrogens with zero attached hydrogens (tertiary/aromatic N) is 1. The predicted molar refractivity (Wildman–Crippen MR) is 80.6 cm³/mol. The Kier molecular flexibility index (Phi) is 6.20. The van der Waals surface area contributed by atoms with Crippen LogP contribution in [0, 0.1) is 22.0 Å². The molecule has 0 bridgehead atoms. The summed E-state index contributed by atoms with van der Waals surface area (Å²) < 4.78 is 10.3. The Hall–Kier alpha value is -2.75. The summed E-state index contributed by atoms with van der Waals surface area (Å²) in [5.74, 6) is 5.91. The summed E-state index contributed by atoms with van der Waals surface area (Å²) in [7, 11) is 0. The van der Waals surface area contributed by atoms with Crippen LogP contribution in [0.15, 0.2) is 24.3 Å². The van der Waals surface area contributed by atoms with Gasteiger partial charge in [0.15, 0.2) is 0 Å². The fourth-order valence-corrected chi connectivity index (χ4v) is 1.33. The summed E-state index contributed by atoms with van der Waals surface area (Å²) >= 11 is 0. The van der Waals surface area contributed by atoms with Gasteiger partial charge < -0.3 is 14.8 Å². The molecule has 0 fully saturated rings. The number of hydrogen-bond donors (Lipinski definition) is 1. The van der Waals surface area contributed by atoms with Gasteiger partial charge in [0.05, 0.1) is 11.5 Å². The molecule has 0 spiro atoms. The van der Waals surface area contributed by atoms with E-state index in [4.69, 9.17) is 9.47 Å². The van der Waals surface area contributed by atoms with E-state index in [1.165, 1.54) is 24.3 Å². The van der Waals surface area contributed by atoms with Gasteiger partial charge in [-0.15, -0.1) is 0 Å². The number of rotatable bonds is 4. The number of amides is 1. The maximum Gasteiger partial charge on any atom is 0.408 e. The molecule has 0 heterocycles. The lowest BCUT2D eigenvalue weighted by molar-refractivity contribution is -0.384. The number of carbonyl (C=O) groups excluding carboxylic acids is 1. The summed E-state index contributed by atoms with van der Waals surface area (Å²) in [4.78, 5) is 21.3. The van der Waals surface area contributed by atoms with Crippen molar-refractivity contribution in [1.29, 1.82) is 0 Å². The van der Waals surface area contributed by atoms with E-state index in [2.05, 4.69) is 17.2 Å². The van der Waals surface area contributed by atoms with E-state index in [0.717, 1.165) is 0 Å². The fourth-order valence-electron chi connectivity index (χ4n) is 1.33. The van der Waals surface area contributed by atoms with Crippen LogP contribution in [0.5, 0.6) is 5.75 Å². The van der Waals surface area contributed by atoms with Crippen LogP contribution >= 0.6 is 0 Å². The fraction of sp³-hybridized carbons (Fsp3) is 0.400. The van der Waals surface area contributed by atoms with Gasteiger partial charge in [-0.05, 0) is 32.9 Å². The zero-order valence-electron chi connectivity index (χ0n) is 12.7. The Labute approximate surface area is 128 Å². The van der Waals surface area contributed by atoms with Crippen molar-refractivity contribution in [2.75, 3.05) is 13.2 Å². The van der Waals surface area contributed by atoms with Gasteiger partial charge in [-0.1, -0.05) is 11.8 Å². The van der Waals surface area contributed by atoms with E-state index < -0.39 is 16.6 Å². The molecule has 118 valence electrons. The standard InChI is InChI=1S/C15H18N2O5/c1-15(2,3)22-14(18)16-10-4-5-11-21-13-8-6-12(7-9-13)17(19)20/h6-9H,10-11H2,1-3H3,(H,16,18). The average Bonchev–Trinajstić information content (AvgIpc) is 2.41. The van der Waals surface area contributed by atoms with Crippen LogP contribution in [0.4, 0.5) is 10.5 Å². The molecule has 0 saturated heterocycles. The van der Waals surface area contributed by atoms with Crippen LogP contribution in [0.2, 0.25) is 0 Å². The molecule has 22 heavy (non-hydrogen) atoms. The number of non-ortho nitro benzene ring substituents is 1. The van der Waals surface area contributed by atoms with Crippen molar-refractivity contribution in [3.63, 3.8) is 0 Å². The lowest BCUT2D eigenvalue weighted by atomic mass is 10.2. The minimum absolute atomic E-state index is 0.00000473. The van der Waals surface area contributed by atoms with E-state index in [1.54, 1.807) is 20.8 Å². The van der Waals surface area contributed by atoms with Crippen LogP contribution in [-0.4, -0.2) is 29.8 Å². The molecule has 1 rings (SSSR count). The first-order valence-corrected chi connectivity index (χ1v) is 6.58. The first kappa shape index (κ1) is 17.3. The molecule has 0 aromatic heterocycles. The van der Waals surface area contributed by atoms with Crippen LogP contribution < -0.4 is 10.1 Å². The minimum atomic E-state index is -0.545. The van der Waals surface area contributed by atoms with Crippen LogP contribution in [0.3, 0.4) is 0 Å². The number of carbonyl (C=O) groups is 1. The van der Waals surface area contributed by atoms with Gasteiger partial charge in [0.1, 0.15) is 18.0 Å². The monoisotopic (exact) mass is 306 g/mol. The van der Waals surface area contributed by atoms with Crippen LogP contribution in [0.25, 0.3) is 0 Å². The van der Waals surface area contributed by atoms with Crippen LogP contribution in [-0.2, 0) is 4.74 Å². The van der Waals surface area contributed by atoms with Gasteiger partial charge in [-0.3, -0.25) is 10.1 Å². The lowest BCUT2D eigenvalue weighted by Crippen LogP contribution is -2.32. The maximum atomic E-state index is 11.3. The topological polar surface area (TPSA) is 90.7 Å². The number of alkyl carbamates (subject to hydrolysis) is 1. The summed E-state index contributed by atoms with van der Waals surface area (Å²) in [6.07, 6.45) is -0.530. The Morgan fingerprint density at radius 3 is 2.45 bits per heavy atom. The predicted octanol–water partition coefficient (Wildman–Crippen LogP) is 2.50. The molecule has 0 saturated carbocycles. The number of nitro benzene ring substituents is 1. The largest absolute Gasteiger partial charge is 0.481 e. The molecule has 0 aliphatic heterocycles. The van der Waals surface area contributed by atoms with Gasteiger partial charge in [-0.25, -0.2) is 4.79 Å². The molecule has 1 amide bonds. The Balaban J connectivity index is 2.28. The van der Waals surface area contributed by atoms with Crippen LogP contribution in [0.1, 0.15) is 20.8 Å². The first-order valence-electron chi connectivity index (χ1n) is 6.58. The SMILES string of the molecule is CC(C)(C)OC(=O)NCC#CCOc1ccc([N+](=O)[O-])cc1. The van der Waals surface area contributed by atoms with E-state index >= 15 is 0 Å². The van der Waals surface area contributed by atoms with Crippen molar-refractivity contribution < 1.29 is 19.2 Å². The van der Waals surface area contributed by atoms with E-state index in [0.29, 0.717) is 5.75 Å². The van der Waals surface area contributed by atoms with Gasteiger partial charge in [0, 0.05) is 12.1 Å². The molecule has 0 atom stereocenters. The third-order valence-corrected chi connectivity index (χ3v) is 2.20. The van der Waals surface area contributed by atoms with Crippen molar-refractivity contribution in [3.8, 4) is 17.6 Å². The second-order valence-corrected chi connectivity index (χ2v) is 5.25. The molecule has 1 aromatic rings. The molecular formula is C15H18N2O5. The maximum absolute atomic E-state index is 11.3. The summed E-state index contributed by atoms with van der Waals surface area (Å²) in [6.45, 7) is 5.59. The number of nitrogens with one attached hydrogen (secondary N) is 1. The van der Waals surface area contributed by atoms with E-state index in [-0.39, 0.29) is 18.8 Å². The summed E-state index contributed by atoms with van der Waals surface area (Å²) in [5, 5.41) is 13.0. The number of benzene rings is 1. The third-order valence-electron chi connectivity index (χ3n) is 2.20. The average molecular weight is 306 g/mol. The Morgan fingerprint density at radius 2 is 1.91 bits per heavy atom. The summed E-state index contributed by atoms with van der Waals surface area (Å²) in [6, 6.07) is 5.71. The molecular weight excluding hydrogens is 288 g/mol. The first-order chi connectivity index (χ1) is 10.3. The highest BCUT2D eigenvalue weighted by Gasteiger charge is 2.14. The molecule has 0 unspecified atom stereocenters. The highest BCUT2D eigenvalue weighted by molar-refractivity contribution is 5.67.